The number of nitrogens with one attached hydrogen (secondary N) is 1. The molecule has 0 bridgehead atoms. The third kappa shape index (κ3) is 3.51. The summed E-state index contributed by atoms with van der Waals surface area (Å²) >= 11 is 12.2. The lowest BCUT2D eigenvalue weighted by Gasteiger charge is -2.22. The minimum atomic E-state index is -0.568. The molecule has 0 radical (unpaired) electrons. The van der Waals surface area contributed by atoms with Crippen molar-refractivity contribution in [1.82, 2.24) is 15.2 Å². The van der Waals surface area contributed by atoms with Crippen molar-refractivity contribution in [2.75, 3.05) is 0 Å². The second-order valence-electron chi connectivity index (χ2n) is 4.72. The van der Waals surface area contributed by atoms with Gasteiger partial charge in [0.05, 0.1) is 12.0 Å². The molecule has 1 aromatic heterocycles. The Morgan fingerprint density at radius 3 is 2.75 bits per heavy atom. The van der Waals surface area contributed by atoms with Crippen LogP contribution in [0.5, 0.6) is 0 Å². The van der Waals surface area contributed by atoms with Crippen molar-refractivity contribution >= 4 is 23.2 Å². The molecule has 2 atom stereocenters. The van der Waals surface area contributed by atoms with Gasteiger partial charge < -0.3 is 5.11 Å². The fourth-order valence-corrected chi connectivity index (χ4v) is 2.76. The number of hydrogen-bond acceptors (Lipinski definition) is 3. The Labute approximate surface area is 128 Å². The van der Waals surface area contributed by atoms with E-state index in [1.54, 1.807) is 12.1 Å². The normalized spacial score (nSPS) is 14.2. The van der Waals surface area contributed by atoms with Crippen molar-refractivity contribution in [3.05, 3.63) is 46.0 Å². The van der Waals surface area contributed by atoms with E-state index in [9.17, 15) is 5.11 Å². The first-order valence-electron chi connectivity index (χ1n) is 6.61. The van der Waals surface area contributed by atoms with Crippen LogP contribution in [0.3, 0.4) is 0 Å². The van der Waals surface area contributed by atoms with Gasteiger partial charge in [-0.2, -0.15) is 5.10 Å². The highest BCUT2D eigenvalue weighted by atomic mass is 35.5. The number of aromatic amines is 1. The van der Waals surface area contributed by atoms with Crippen LogP contribution in [0.15, 0.2) is 24.5 Å². The molecule has 20 heavy (non-hydrogen) atoms. The van der Waals surface area contributed by atoms with E-state index >= 15 is 0 Å². The van der Waals surface area contributed by atoms with E-state index in [1.165, 1.54) is 6.33 Å². The summed E-state index contributed by atoms with van der Waals surface area (Å²) in [5, 5.41) is 18.3. The minimum Gasteiger partial charge on any atom is -0.392 e. The van der Waals surface area contributed by atoms with Crippen LogP contribution in [0.25, 0.3) is 0 Å². The van der Waals surface area contributed by atoms with Crippen LogP contribution in [0.2, 0.25) is 10.0 Å². The highest BCUT2D eigenvalue weighted by Gasteiger charge is 2.27. The van der Waals surface area contributed by atoms with Gasteiger partial charge in [-0.3, -0.25) is 5.10 Å². The fourth-order valence-electron chi connectivity index (χ4n) is 2.24. The van der Waals surface area contributed by atoms with E-state index in [0.29, 0.717) is 22.3 Å². The third-order valence-corrected chi connectivity index (χ3v) is 3.83. The minimum absolute atomic E-state index is 0.325. The Balaban J connectivity index is 2.36. The Kier molecular flexibility index (Phi) is 5.40. The molecule has 0 spiro atoms. The Morgan fingerprint density at radius 2 is 2.15 bits per heavy atom. The number of halogens is 2. The molecule has 0 saturated heterocycles. The molecule has 2 aromatic rings. The average Bonchev–Trinajstić information content (AvgIpc) is 2.93. The molecule has 4 nitrogen and oxygen atoms in total. The highest BCUT2D eigenvalue weighted by molar-refractivity contribution is 6.35. The molecular formula is C14H17Cl2N3O. The largest absolute Gasteiger partial charge is 0.392 e. The van der Waals surface area contributed by atoms with E-state index in [-0.39, 0.29) is 5.92 Å². The quantitative estimate of drug-likeness (QED) is 0.852. The smallest absolute Gasteiger partial charge is 0.137 e. The van der Waals surface area contributed by atoms with Crippen molar-refractivity contribution in [2.45, 2.75) is 38.2 Å². The van der Waals surface area contributed by atoms with Crippen LogP contribution in [0, 0.1) is 0 Å². The van der Waals surface area contributed by atoms with Crippen LogP contribution in [-0.4, -0.2) is 26.4 Å². The van der Waals surface area contributed by atoms with Gasteiger partial charge in [-0.05, 0) is 24.1 Å². The lowest BCUT2D eigenvalue weighted by Crippen LogP contribution is -2.21. The van der Waals surface area contributed by atoms with Crippen LogP contribution in [0.4, 0.5) is 0 Å². The van der Waals surface area contributed by atoms with Crippen LogP contribution in [-0.2, 0) is 0 Å². The van der Waals surface area contributed by atoms with Crippen molar-refractivity contribution in [3.63, 3.8) is 0 Å². The van der Waals surface area contributed by atoms with E-state index in [1.807, 2.05) is 6.07 Å². The second-order valence-corrected chi connectivity index (χ2v) is 5.57. The van der Waals surface area contributed by atoms with Gasteiger partial charge in [0.25, 0.3) is 0 Å². The predicted molar refractivity (Wildman–Crippen MR) is 80.2 cm³/mol. The highest BCUT2D eigenvalue weighted by Crippen LogP contribution is 2.34. The van der Waals surface area contributed by atoms with Gasteiger partial charge in [-0.25, -0.2) is 4.98 Å². The summed E-state index contributed by atoms with van der Waals surface area (Å²) in [6, 6.07) is 5.26. The molecule has 1 heterocycles. The lowest BCUT2D eigenvalue weighted by atomic mass is 9.89. The van der Waals surface area contributed by atoms with Crippen LogP contribution >= 0.6 is 23.2 Å². The second kappa shape index (κ2) is 7.07. The molecular weight excluding hydrogens is 297 g/mol. The molecule has 108 valence electrons. The Bertz CT molecular complexity index is 545. The lowest BCUT2D eigenvalue weighted by molar-refractivity contribution is 0.141. The molecule has 2 N–H and O–H groups in total. The van der Waals surface area contributed by atoms with Gasteiger partial charge >= 0.3 is 0 Å². The summed E-state index contributed by atoms with van der Waals surface area (Å²) in [5.74, 6) is 0.284. The summed E-state index contributed by atoms with van der Waals surface area (Å²) in [6.45, 7) is 2.09. The molecule has 2 unspecified atom stereocenters. The molecule has 0 aliphatic rings. The number of benzene rings is 1. The number of rotatable bonds is 6. The third-order valence-electron chi connectivity index (χ3n) is 3.26. The van der Waals surface area contributed by atoms with Gasteiger partial charge in [-0.1, -0.05) is 49.0 Å². The molecule has 0 saturated carbocycles. The zero-order valence-electron chi connectivity index (χ0n) is 11.2. The number of unbranched alkanes of at least 4 members (excludes halogenated alkanes) is 1. The fraction of sp³-hybridized carbons (Fsp3) is 0.429. The van der Waals surface area contributed by atoms with Crippen molar-refractivity contribution < 1.29 is 5.11 Å². The average molecular weight is 314 g/mol. The molecule has 0 aliphatic heterocycles. The van der Waals surface area contributed by atoms with Crippen molar-refractivity contribution in [3.8, 4) is 0 Å². The van der Waals surface area contributed by atoms with E-state index in [0.717, 1.165) is 18.4 Å². The van der Waals surface area contributed by atoms with E-state index in [2.05, 4.69) is 22.1 Å². The monoisotopic (exact) mass is 313 g/mol. The maximum Gasteiger partial charge on any atom is 0.137 e. The first-order chi connectivity index (χ1) is 9.63. The number of aliphatic hydroxyl groups excluding tert-OH is 1. The number of hydrogen-bond donors (Lipinski definition) is 2. The first-order valence-corrected chi connectivity index (χ1v) is 7.37. The summed E-state index contributed by atoms with van der Waals surface area (Å²) in [4.78, 5) is 4.17. The van der Waals surface area contributed by atoms with E-state index in [4.69, 9.17) is 23.2 Å². The van der Waals surface area contributed by atoms with Crippen molar-refractivity contribution in [2.24, 2.45) is 0 Å². The molecule has 1 aromatic carbocycles. The SMILES string of the molecule is CCCCC(O)C(c1ncn[nH]1)c1ccc(Cl)cc1Cl. The van der Waals surface area contributed by atoms with E-state index < -0.39 is 6.10 Å². The van der Waals surface area contributed by atoms with Gasteiger partial charge in [0.2, 0.25) is 0 Å². The van der Waals surface area contributed by atoms with Crippen LogP contribution < -0.4 is 0 Å². The first kappa shape index (κ1) is 15.3. The summed E-state index contributed by atoms with van der Waals surface area (Å²) in [7, 11) is 0. The number of nitrogens with zero attached hydrogens (tertiary/aromatic N) is 2. The molecule has 0 fully saturated rings. The summed E-state index contributed by atoms with van der Waals surface area (Å²) < 4.78 is 0. The Hall–Kier alpha value is -1.10. The maximum atomic E-state index is 10.5. The molecule has 6 heteroatoms. The topological polar surface area (TPSA) is 61.8 Å². The van der Waals surface area contributed by atoms with Gasteiger partial charge in [0.15, 0.2) is 0 Å². The van der Waals surface area contributed by atoms with Gasteiger partial charge in [0.1, 0.15) is 12.2 Å². The van der Waals surface area contributed by atoms with Gasteiger partial charge in [0, 0.05) is 10.0 Å². The molecule has 2 rings (SSSR count). The molecule has 0 aliphatic carbocycles. The zero-order valence-corrected chi connectivity index (χ0v) is 12.7. The van der Waals surface area contributed by atoms with Crippen molar-refractivity contribution in [1.29, 1.82) is 0 Å². The number of aromatic nitrogens is 3. The summed E-state index contributed by atoms with van der Waals surface area (Å²) in [5.41, 5.74) is 0.802. The number of H-pyrrole nitrogens is 1. The maximum absolute atomic E-state index is 10.5. The zero-order chi connectivity index (χ0) is 14.5. The van der Waals surface area contributed by atoms with Crippen LogP contribution in [0.1, 0.15) is 43.5 Å². The molecule has 0 amide bonds. The number of aliphatic hydroxyl groups is 1. The standard InChI is InChI=1S/C14H17Cl2N3O/c1-2-3-4-12(20)13(14-17-8-18-19-14)10-6-5-9(15)7-11(10)16/h5-8,12-13,20H,2-4H2,1H3,(H,17,18,19). The predicted octanol–water partition coefficient (Wildman–Crippen LogP) is 3.79. The van der Waals surface area contributed by atoms with Gasteiger partial charge in [-0.15, -0.1) is 0 Å². The Morgan fingerprint density at radius 1 is 1.35 bits per heavy atom. The summed E-state index contributed by atoms with van der Waals surface area (Å²) in [6.07, 6.45) is 3.51.